The van der Waals surface area contributed by atoms with Crippen LogP contribution in [-0.4, -0.2) is 31.7 Å². The lowest BCUT2D eigenvalue weighted by molar-refractivity contribution is 0.241. The van der Waals surface area contributed by atoms with Crippen LogP contribution in [-0.2, 0) is 4.79 Å². The van der Waals surface area contributed by atoms with Crippen molar-refractivity contribution in [3.05, 3.63) is 0 Å². The highest BCUT2D eigenvalue weighted by molar-refractivity contribution is 5.73. The highest BCUT2D eigenvalue weighted by Gasteiger charge is 1.95. The van der Waals surface area contributed by atoms with Crippen molar-refractivity contribution >= 4 is 12.1 Å². The number of hydrogen-bond acceptors (Lipinski definition) is 3. The molecule has 0 aromatic rings. The molecule has 0 aromatic heterocycles. The van der Waals surface area contributed by atoms with Gasteiger partial charge in [0.25, 0.3) is 0 Å². The van der Waals surface area contributed by atoms with E-state index in [1.165, 1.54) is 6.08 Å². The van der Waals surface area contributed by atoms with Crippen LogP contribution >= 0.6 is 0 Å². The van der Waals surface area contributed by atoms with Gasteiger partial charge in [0.1, 0.15) is 0 Å². The summed E-state index contributed by atoms with van der Waals surface area (Å²) < 4.78 is 0. The molecular formula is C10H19N3O2. The Labute approximate surface area is 90.3 Å². The van der Waals surface area contributed by atoms with Crippen LogP contribution in [0.4, 0.5) is 4.79 Å². The second-order valence-electron chi connectivity index (χ2n) is 3.17. The molecule has 0 aliphatic rings. The molecule has 0 spiro atoms. The molecular weight excluding hydrogens is 194 g/mol. The number of carbonyl (C=O) groups is 1. The third-order valence-electron chi connectivity index (χ3n) is 1.88. The van der Waals surface area contributed by atoms with Gasteiger partial charge in [0.05, 0.1) is 6.54 Å². The third kappa shape index (κ3) is 10.6. The Balaban J connectivity index is 3.10. The highest BCUT2D eigenvalue weighted by Crippen LogP contribution is 1.98. The third-order valence-corrected chi connectivity index (χ3v) is 1.88. The molecule has 15 heavy (non-hydrogen) atoms. The van der Waals surface area contributed by atoms with Gasteiger partial charge in [0.15, 0.2) is 0 Å². The molecule has 2 amide bonds. The zero-order valence-electron chi connectivity index (χ0n) is 9.21. The van der Waals surface area contributed by atoms with Crippen LogP contribution in [0.15, 0.2) is 4.99 Å². The van der Waals surface area contributed by atoms with Crippen LogP contribution in [0.3, 0.4) is 0 Å². The fourth-order valence-electron chi connectivity index (χ4n) is 1.14. The van der Waals surface area contributed by atoms with E-state index in [0.29, 0.717) is 19.6 Å². The summed E-state index contributed by atoms with van der Waals surface area (Å²) in [6.45, 7) is 3.79. The minimum atomic E-state index is -0.108. The summed E-state index contributed by atoms with van der Waals surface area (Å²) in [5.41, 5.74) is 0. The number of carbonyl (C=O) groups excluding carboxylic acids is 2. The molecule has 0 heterocycles. The van der Waals surface area contributed by atoms with Gasteiger partial charge in [0, 0.05) is 13.1 Å². The second kappa shape index (κ2) is 10.7. The maximum atomic E-state index is 10.9. The van der Waals surface area contributed by atoms with Crippen LogP contribution in [0.5, 0.6) is 0 Å². The Morgan fingerprint density at radius 1 is 1.20 bits per heavy atom. The second-order valence-corrected chi connectivity index (χ2v) is 3.17. The molecule has 0 unspecified atom stereocenters. The summed E-state index contributed by atoms with van der Waals surface area (Å²) in [6, 6.07) is -0.108. The summed E-state index contributed by atoms with van der Waals surface area (Å²) in [4.78, 5) is 24.1. The molecule has 0 aliphatic carbocycles. The van der Waals surface area contributed by atoms with E-state index in [1.807, 2.05) is 6.92 Å². The van der Waals surface area contributed by atoms with E-state index in [9.17, 15) is 9.59 Å². The minimum absolute atomic E-state index is 0.108. The molecule has 86 valence electrons. The van der Waals surface area contributed by atoms with Gasteiger partial charge in [-0.2, -0.15) is 0 Å². The van der Waals surface area contributed by atoms with Crippen molar-refractivity contribution in [3.8, 4) is 0 Å². The number of nitrogens with one attached hydrogen (secondary N) is 2. The number of isocyanates is 1. The predicted octanol–water partition coefficient (Wildman–Crippen LogP) is 1.20. The lowest BCUT2D eigenvalue weighted by Crippen LogP contribution is -2.35. The lowest BCUT2D eigenvalue weighted by Gasteiger charge is -2.04. The fourth-order valence-corrected chi connectivity index (χ4v) is 1.14. The monoisotopic (exact) mass is 213 g/mol. The smallest absolute Gasteiger partial charge is 0.314 e. The molecule has 5 nitrogen and oxygen atoms in total. The topological polar surface area (TPSA) is 70.6 Å². The summed E-state index contributed by atoms with van der Waals surface area (Å²) >= 11 is 0. The highest BCUT2D eigenvalue weighted by atomic mass is 16.2. The van der Waals surface area contributed by atoms with E-state index >= 15 is 0 Å². The number of hydrogen-bond donors (Lipinski definition) is 2. The van der Waals surface area contributed by atoms with Gasteiger partial charge >= 0.3 is 6.03 Å². The largest absolute Gasteiger partial charge is 0.338 e. The van der Waals surface area contributed by atoms with Gasteiger partial charge in [-0.3, -0.25) is 0 Å². The predicted molar refractivity (Wildman–Crippen MR) is 58.5 cm³/mol. The first-order chi connectivity index (χ1) is 7.31. The van der Waals surface area contributed by atoms with E-state index in [1.54, 1.807) is 0 Å². The first kappa shape index (κ1) is 13.7. The summed E-state index contributed by atoms with van der Waals surface area (Å²) in [5, 5.41) is 5.41. The number of nitrogens with zero attached hydrogens (tertiary/aromatic N) is 1. The zero-order valence-corrected chi connectivity index (χ0v) is 9.21. The molecule has 0 fully saturated rings. The van der Waals surface area contributed by atoms with Crippen molar-refractivity contribution in [2.24, 2.45) is 4.99 Å². The Kier molecular flexibility index (Phi) is 9.76. The van der Waals surface area contributed by atoms with Gasteiger partial charge < -0.3 is 10.6 Å². The molecule has 0 rings (SSSR count). The van der Waals surface area contributed by atoms with Crippen molar-refractivity contribution in [1.82, 2.24) is 10.6 Å². The Morgan fingerprint density at radius 2 is 1.93 bits per heavy atom. The fraction of sp³-hybridized carbons (Fsp3) is 0.800. The quantitative estimate of drug-likeness (QED) is 0.361. The number of unbranched alkanes of at least 4 members (excludes halogenated alkanes) is 3. The van der Waals surface area contributed by atoms with Crippen molar-refractivity contribution in [2.45, 2.75) is 32.6 Å². The molecule has 5 heteroatoms. The summed E-state index contributed by atoms with van der Waals surface area (Å²) in [5.74, 6) is 0. The first-order valence-electron chi connectivity index (χ1n) is 5.36. The number of aliphatic imine (C=N–C) groups is 1. The first-order valence-corrected chi connectivity index (χ1v) is 5.36. The number of urea groups is 1. The summed E-state index contributed by atoms with van der Waals surface area (Å²) in [6.07, 6.45) is 5.45. The van der Waals surface area contributed by atoms with E-state index < -0.39 is 0 Å². The SMILES string of the molecule is CCNC(=O)NCCCCCCN=C=O. The molecule has 0 atom stereocenters. The average Bonchev–Trinajstić information content (AvgIpc) is 2.22. The van der Waals surface area contributed by atoms with Crippen molar-refractivity contribution in [3.63, 3.8) is 0 Å². The van der Waals surface area contributed by atoms with Gasteiger partial charge in [0.2, 0.25) is 6.08 Å². The van der Waals surface area contributed by atoms with E-state index in [-0.39, 0.29) is 6.03 Å². The standard InChI is InChI=1S/C10H19N3O2/c1-2-12-10(15)13-8-6-4-3-5-7-11-9-14/h2-8H2,1H3,(H2,12,13,15). The Hall–Kier alpha value is -1.35. The minimum Gasteiger partial charge on any atom is -0.338 e. The molecule has 0 radical (unpaired) electrons. The van der Waals surface area contributed by atoms with Crippen molar-refractivity contribution in [1.29, 1.82) is 0 Å². The van der Waals surface area contributed by atoms with E-state index in [2.05, 4.69) is 15.6 Å². The number of amides is 2. The molecule has 0 bridgehead atoms. The van der Waals surface area contributed by atoms with Gasteiger partial charge in [-0.1, -0.05) is 12.8 Å². The molecule has 0 saturated heterocycles. The zero-order chi connectivity index (χ0) is 11.4. The average molecular weight is 213 g/mol. The maximum absolute atomic E-state index is 10.9. The molecule has 0 aliphatic heterocycles. The van der Waals surface area contributed by atoms with Crippen LogP contribution in [0.2, 0.25) is 0 Å². The van der Waals surface area contributed by atoms with E-state index in [0.717, 1.165) is 25.7 Å². The van der Waals surface area contributed by atoms with Crippen molar-refractivity contribution in [2.75, 3.05) is 19.6 Å². The van der Waals surface area contributed by atoms with Gasteiger partial charge in [-0.15, -0.1) is 0 Å². The van der Waals surface area contributed by atoms with Crippen LogP contribution < -0.4 is 10.6 Å². The molecule has 2 N–H and O–H groups in total. The van der Waals surface area contributed by atoms with Crippen molar-refractivity contribution < 1.29 is 9.59 Å². The molecule has 0 saturated carbocycles. The summed E-state index contributed by atoms with van der Waals surface area (Å²) in [7, 11) is 0. The van der Waals surface area contributed by atoms with Crippen LogP contribution in [0, 0.1) is 0 Å². The Morgan fingerprint density at radius 3 is 2.60 bits per heavy atom. The van der Waals surface area contributed by atoms with Gasteiger partial charge in [-0.25, -0.2) is 14.6 Å². The number of rotatable bonds is 8. The van der Waals surface area contributed by atoms with Crippen LogP contribution in [0.1, 0.15) is 32.6 Å². The maximum Gasteiger partial charge on any atom is 0.314 e. The van der Waals surface area contributed by atoms with Gasteiger partial charge in [-0.05, 0) is 19.8 Å². The normalized spacial score (nSPS) is 9.13. The lowest BCUT2D eigenvalue weighted by atomic mass is 10.2. The van der Waals surface area contributed by atoms with Crippen LogP contribution in [0.25, 0.3) is 0 Å². The van der Waals surface area contributed by atoms with E-state index in [4.69, 9.17) is 0 Å². The Bertz CT molecular complexity index is 213. The molecule has 0 aromatic carbocycles.